The van der Waals surface area contributed by atoms with E-state index in [1.54, 1.807) is 19.3 Å². The zero-order valence-corrected chi connectivity index (χ0v) is 8.91. The highest BCUT2D eigenvalue weighted by Crippen LogP contribution is 2.65. The Kier molecular flexibility index (Phi) is 1.60. The van der Waals surface area contributed by atoms with Gasteiger partial charge in [-0.3, -0.25) is 0 Å². The van der Waals surface area contributed by atoms with Gasteiger partial charge < -0.3 is 5.32 Å². The van der Waals surface area contributed by atoms with E-state index in [2.05, 4.69) is 5.32 Å². The molecule has 0 radical (unpaired) electrons. The van der Waals surface area contributed by atoms with E-state index in [9.17, 15) is 0 Å². The van der Waals surface area contributed by atoms with Crippen molar-refractivity contribution in [2.24, 2.45) is 23.7 Å². The van der Waals surface area contributed by atoms with E-state index in [4.69, 9.17) is 0 Å². The summed E-state index contributed by atoms with van der Waals surface area (Å²) in [7, 11) is 0. The van der Waals surface area contributed by atoms with Crippen molar-refractivity contribution in [3.8, 4) is 0 Å². The molecule has 0 amide bonds. The number of fused-ring (bicyclic) bond motifs is 5. The van der Waals surface area contributed by atoms with Crippen LogP contribution in [0, 0.1) is 23.7 Å². The zero-order valence-electron chi connectivity index (χ0n) is 8.91. The largest absolute Gasteiger partial charge is 0.311 e. The summed E-state index contributed by atoms with van der Waals surface area (Å²) >= 11 is 0. The molecule has 0 aromatic carbocycles. The van der Waals surface area contributed by atoms with Gasteiger partial charge in [-0.15, -0.1) is 0 Å². The lowest BCUT2D eigenvalue weighted by molar-refractivity contribution is 0.418. The van der Waals surface area contributed by atoms with Crippen LogP contribution in [0.5, 0.6) is 0 Å². The molecule has 4 aliphatic rings. The monoisotopic (exact) mass is 191 g/mol. The summed E-state index contributed by atoms with van der Waals surface area (Å²) < 4.78 is 0. The van der Waals surface area contributed by atoms with Crippen molar-refractivity contribution in [3.05, 3.63) is 0 Å². The average molecular weight is 191 g/mol. The first-order chi connectivity index (χ1) is 6.93. The Hall–Kier alpha value is -0.0400. The smallest absolute Gasteiger partial charge is 0.0138 e. The Balaban J connectivity index is 1.41. The fourth-order valence-corrected chi connectivity index (χ4v) is 4.91. The molecule has 4 fully saturated rings. The molecule has 0 spiro atoms. The van der Waals surface area contributed by atoms with E-state index < -0.39 is 0 Å². The van der Waals surface area contributed by atoms with Crippen LogP contribution in [-0.2, 0) is 0 Å². The van der Waals surface area contributed by atoms with E-state index in [1.165, 1.54) is 25.7 Å². The first-order valence-electron chi connectivity index (χ1n) is 6.69. The summed E-state index contributed by atoms with van der Waals surface area (Å²) in [6.45, 7) is 0. The second kappa shape index (κ2) is 2.75. The standard InChI is InChI=1S/C13H21N/c1-2-4-10(3-1)14-13-11-8-5-6-9(7-8)12(11)13/h8-14H,1-7H2. The van der Waals surface area contributed by atoms with Gasteiger partial charge in [-0.2, -0.15) is 0 Å². The lowest BCUT2D eigenvalue weighted by Gasteiger charge is -2.15. The first kappa shape index (κ1) is 8.15. The van der Waals surface area contributed by atoms with Crippen LogP contribution in [0.25, 0.3) is 0 Å². The van der Waals surface area contributed by atoms with E-state index in [0.717, 1.165) is 35.8 Å². The third kappa shape index (κ3) is 0.997. The summed E-state index contributed by atoms with van der Waals surface area (Å²) in [5.74, 6) is 4.55. The minimum absolute atomic E-state index is 0.907. The topological polar surface area (TPSA) is 12.0 Å². The van der Waals surface area contributed by atoms with Crippen molar-refractivity contribution in [1.82, 2.24) is 5.32 Å². The van der Waals surface area contributed by atoms with Crippen molar-refractivity contribution in [2.45, 2.75) is 57.0 Å². The molecule has 4 atom stereocenters. The minimum atomic E-state index is 0.907. The molecule has 2 bridgehead atoms. The Morgan fingerprint density at radius 2 is 1.43 bits per heavy atom. The predicted octanol–water partition coefficient (Wildman–Crippen LogP) is 2.56. The van der Waals surface area contributed by atoms with Gasteiger partial charge in [-0.05, 0) is 55.8 Å². The maximum absolute atomic E-state index is 3.96. The van der Waals surface area contributed by atoms with Crippen LogP contribution in [0.15, 0.2) is 0 Å². The van der Waals surface area contributed by atoms with Crippen LogP contribution in [0.3, 0.4) is 0 Å². The lowest BCUT2D eigenvalue weighted by Crippen LogP contribution is -2.31. The summed E-state index contributed by atoms with van der Waals surface area (Å²) in [5.41, 5.74) is 0. The van der Waals surface area contributed by atoms with Crippen LogP contribution in [0.1, 0.15) is 44.9 Å². The normalized spacial score (nSPS) is 55.3. The maximum Gasteiger partial charge on any atom is 0.0138 e. The minimum Gasteiger partial charge on any atom is -0.311 e. The molecule has 0 aliphatic heterocycles. The fraction of sp³-hybridized carbons (Fsp3) is 1.00. The molecule has 1 nitrogen and oxygen atoms in total. The van der Waals surface area contributed by atoms with Gasteiger partial charge >= 0.3 is 0 Å². The van der Waals surface area contributed by atoms with Crippen molar-refractivity contribution in [2.75, 3.05) is 0 Å². The molecule has 4 unspecified atom stereocenters. The molecule has 1 heteroatoms. The highest BCUT2D eigenvalue weighted by Gasteiger charge is 2.64. The van der Waals surface area contributed by atoms with Gasteiger partial charge in [-0.1, -0.05) is 12.8 Å². The molecule has 4 saturated carbocycles. The third-order valence-corrected chi connectivity index (χ3v) is 5.52. The van der Waals surface area contributed by atoms with Crippen molar-refractivity contribution in [1.29, 1.82) is 0 Å². The van der Waals surface area contributed by atoms with Crippen LogP contribution in [0.4, 0.5) is 0 Å². The molecule has 1 N–H and O–H groups in total. The zero-order chi connectivity index (χ0) is 9.12. The summed E-state index contributed by atoms with van der Waals surface area (Å²) in [6.07, 6.45) is 10.6. The highest BCUT2D eigenvalue weighted by atomic mass is 15.0. The van der Waals surface area contributed by atoms with E-state index in [1.807, 2.05) is 0 Å². The average Bonchev–Trinajstić information content (AvgIpc) is 2.68. The van der Waals surface area contributed by atoms with Gasteiger partial charge in [0.15, 0.2) is 0 Å². The molecule has 14 heavy (non-hydrogen) atoms. The van der Waals surface area contributed by atoms with Crippen molar-refractivity contribution >= 4 is 0 Å². The second-order valence-electron chi connectivity index (χ2n) is 6.16. The maximum atomic E-state index is 3.96. The SMILES string of the molecule is C1CCC(NC2C3C4CCC(C4)C23)C1. The summed E-state index contributed by atoms with van der Waals surface area (Å²) in [4.78, 5) is 0. The molecule has 4 rings (SSSR count). The molecule has 78 valence electrons. The van der Waals surface area contributed by atoms with E-state index in [0.29, 0.717) is 0 Å². The quantitative estimate of drug-likeness (QED) is 0.707. The Bertz CT molecular complexity index is 228. The molecule has 0 heterocycles. The van der Waals surface area contributed by atoms with Gasteiger partial charge in [0.2, 0.25) is 0 Å². The highest BCUT2D eigenvalue weighted by molar-refractivity contribution is 5.17. The molecule has 0 aromatic rings. The number of nitrogens with one attached hydrogen (secondary N) is 1. The van der Waals surface area contributed by atoms with Gasteiger partial charge in [0.1, 0.15) is 0 Å². The van der Waals surface area contributed by atoms with Gasteiger partial charge in [-0.25, -0.2) is 0 Å². The molecule has 0 saturated heterocycles. The van der Waals surface area contributed by atoms with E-state index >= 15 is 0 Å². The summed E-state index contributed by atoms with van der Waals surface area (Å²) in [5, 5.41) is 3.96. The Morgan fingerprint density at radius 3 is 2.07 bits per heavy atom. The lowest BCUT2D eigenvalue weighted by atomic mass is 10.0. The third-order valence-electron chi connectivity index (χ3n) is 5.52. The van der Waals surface area contributed by atoms with Crippen LogP contribution in [-0.4, -0.2) is 12.1 Å². The van der Waals surface area contributed by atoms with Crippen LogP contribution in [0.2, 0.25) is 0 Å². The first-order valence-corrected chi connectivity index (χ1v) is 6.69. The molecular formula is C13H21N. The van der Waals surface area contributed by atoms with Crippen LogP contribution < -0.4 is 5.32 Å². The second-order valence-corrected chi connectivity index (χ2v) is 6.16. The Labute approximate surface area is 86.6 Å². The number of hydrogen-bond donors (Lipinski definition) is 1. The number of rotatable bonds is 2. The number of hydrogen-bond acceptors (Lipinski definition) is 1. The van der Waals surface area contributed by atoms with Gasteiger partial charge in [0, 0.05) is 12.1 Å². The van der Waals surface area contributed by atoms with Gasteiger partial charge in [0.05, 0.1) is 0 Å². The molecule has 4 aliphatic carbocycles. The van der Waals surface area contributed by atoms with E-state index in [-0.39, 0.29) is 0 Å². The van der Waals surface area contributed by atoms with Crippen molar-refractivity contribution < 1.29 is 0 Å². The van der Waals surface area contributed by atoms with Crippen LogP contribution >= 0.6 is 0 Å². The predicted molar refractivity (Wildman–Crippen MR) is 57.0 cm³/mol. The summed E-state index contributed by atoms with van der Waals surface area (Å²) in [6, 6.07) is 1.88. The Morgan fingerprint density at radius 1 is 0.786 bits per heavy atom. The molecule has 0 aromatic heterocycles. The fourth-order valence-electron chi connectivity index (χ4n) is 4.91. The molecular weight excluding hydrogens is 170 g/mol. The van der Waals surface area contributed by atoms with Crippen molar-refractivity contribution in [3.63, 3.8) is 0 Å². The van der Waals surface area contributed by atoms with Gasteiger partial charge in [0.25, 0.3) is 0 Å².